The van der Waals surface area contributed by atoms with Gasteiger partial charge in [-0.25, -0.2) is 9.18 Å². The Morgan fingerprint density at radius 1 is 1.90 bits per heavy atom. The average molecular weight is 147 g/mol. The fourth-order valence-corrected chi connectivity index (χ4v) is 0.907. The van der Waals surface area contributed by atoms with Gasteiger partial charge in [0.05, 0.1) is 12.6 Å². The van der Waals surface area contributed by atoms with Gasteiger partial charge in [-0.3, -0.25) is 0 Å². The van der Waals surface area contributed by atoms with E-state index >= 15 is 0 Å². The van der Waals surface area contributed by atoms with Gasteiger partial charge in [0.15, 0.2) is 0 Å². The molecule has 0 aromatic rings. The van der Waals surface area contributed by atoms with Gasteiger partial charge in [0, 0.05) is 13.5 Å². The predicted octanol–water partition coefficient (Wildman–Crippen LogP) is 0.797. The summed E-state index contributed by atoms with van der Waals surface area (Å²) >= 11 is 0. The maximum atomic E-state index is 12.1. The van der Waals surface area contributed by atoms with E-state index in [1.54, 1.807) is 7.05 Å². The number of hydrogen-bond acceptors (Lipinski definition) is 2. The molecule has 1 amide bonds. The zero-order chi connectivity index (χ0) is 7.56. The molecular formula is C6H10FNO2. The normalized spacial score (nSPS) is 26.4. The van der Waals surface area contributed by atoms with Crippen LogP contribution in [-0.4, -0.2) is 37.4 Å². The molecule has 1 aliphatic heterocycles. The summed E-state index contributed by atoms with van der Waals surface area (Å²) in [5, 5.41) is 0. The summed E-state index contributed by atoms with van der Waals surface area (Å²) in [7, 11) is 1.55. The number of ether oxygens (including phenoxy) is 1. The van der Waals surface area contributed by atoms with Crippen LogP contribution in [0.2, 0.25) is 0 Å². The first kappa shape index (κ1) is 7.31. The lowest BCUT2D eigenvalue weighted by atomic mass is 10.2. The van der Waals surface area contributed by atoms with Gasteiger partial charge in [0.2, 0.25) is 0 Å². The van der Waals surface area contributed by atoms with E-state index in [9.17, 15) is 9.18 Å². The number of nitrogens with zero attached hydrogens (tertiary/aromatic N) is 1. The monoisotopic (exact) mass is 147 g/mol. The second-order valence-electron chi connectivity index (χ2n) is 2.32. The third kappa shape index (κ3) is 1.20. The van der Waals surface area contributed by atoms with Crippen molar-refractivity contribution in [2.75, 3.05) is 20.3 Å². The molecule has 3 nitrogen and oxygen atoms in total. The standard InChI is InChI=1S/C6H10FNO2/c1-8-5(4-7)2-3-10-6(8)9/h5H,2-4H2,1H3. The van der Waals surface area contributed by atoms with Gasteiger partial charge in [-0.2, -0.15) is 0 Å². The topological polar surface area (TPSA) is 29.5 Å². The summed E-state index contributed by atoms with van der Waals surface area (Å²) in [6, 6.07) is -0.277. The van der Waals surface area contributed by atoms with Crippen LogP contribution in [0.25, 0.3) is 0 Å². The van der Waals surface area contributed by atoms with Crippen LogP contribution in [0.4, 0.5) is 9.18 Å². The predicted molar refractivity (Wildman–Crippen MR) is 33.5 cm³/mol. The van der Waals surface area contributed by atoms with E-state index < -0.39 is 12.8 Å². The van der Waals surface area contributed by atoms with E-state index in [1.165, 1.54) is 4.90 Å². The van der Waals surface area contributed by atoms with Crippen LogP contribution in [0, 0.1) is 0 Å². The van der Waals surface area contributed by atoms with E-state index in [0.29, 0.717) is 13.0 Å². The van der Waals surface area contributed by atoms with E-state index in [0.717, 1.165) is 0 Å². The Kier molecular flexibility index (Phi) is 2.09. The number of halogens is 1. The molecule has 1 fully saturated rings. The highest BCUT2D eigenvalue weighted by molar-refractivity contribution is 5.68. The first-order valence-corrected chi connectivity index (χ1v) is 3.21. The maximum Gasteiger partial charge on any atom is 0.409 e. The van der Waals surface area contributed by atoms with Crippen molar-refractivity contribution in [3.05, 3.63) is 0 Å². The molecule has 1 atom stereocenters. The van der Waals surface area contributed by atoms with E-state index in [2.05, 4.69) is 4.74 Å². The summed E-state index contributed by atoms with van der Waals surface area (Å²) in [6.45, 7) is -0.136. The molecule has 10 heavy (non-hydrogen) atoms. The minimum absolute atomic E-state index is 0.277. The van der Waals surface area contributed by atoms with Crippen LogP contribution in [0.5, 0.6) is 0 Å². The number of hydrogen-bond donors (Lipinski definition) is 0. The van der Waals surface area contributed by atoms with Gasteiger partial charge in [-0.05, 0) is 0 Å². The summed E-state index contributed by atoms with van der Waals surface area (Å²) in [4.78, 5) is 12.0. The van der Waals surface area contributed by atoms with Crippen molar-refractivity contribution in [2.24, 2.45) is 0 Å². The lowest BCUT2D eigenvalue weighted by Crippen LogP contribution is -2.43. The van der Waals surface area contributed by atoms with Gasteiger partial charge >= 0.3 is 6.09 Å². The molecule has 58 valence electrons. The summed E-state index contributed by atoms with van der Waals surface area (Å²) in [6.07, 6.45) is 0.174. The lowest BCUT2D eigenvalue weighted by Gasteiger charge is -2.29. The minimum Gasteiger partial charge on any atom is -0.449 e. The van der Waals surface area contributed by atoms with E-state index in [4.69, 9.17) is 0 Å². The van der Waals surface area contributed by atoms with Crippen molar-refractivity contribution >= 4 is 6.09 Å². The molecule has 0 spiro atoms. The molecule has 0 bridgehead atoms. The molecular weight excluding hydrogens is 137 g/mol. The molecule has 0 radical (unpaired) electrons. The molecule has 0 aromatic heterocycles. The number of amides is 1. The number of rotatable bonds is 1. The fraction of sp³-hybridized carbons (Fsp3) is 0.833. The van der Waals surface area contributed by atoms with Crippen molar-refractivity contribution in [1.29, 1.82) is 0 Å². The van der Waals surface area contributed by atoms with Crippen molar-refractivity contribution in [1.82, 2.24) is 4.90 Å². The Morgan fingerprint density at radius 3 is 3.10 bits per heavy atom. The van der Waals surface area contributed by atoms with Crippen LogP contribution in [-0.2, 0) is 4.74 Å². The average Bonchev–Trinajstić information content (AvgIpc) is 1.95. The highest BCUT2D eigenvalue weighted by Crippen LogP contribution is 2.10. The largest absolute Gasteiger partial charge is 0.449 e. The summed E-state index contributed by atoms with van der Waals surface area (Å²) in [5.74, 6) is 0. The molecule has 1 saturated heterocycles. The first-order chi connectivity index (χ1) is 4.75. The van der Waals surface area contributed by atoms with Crippen molar-refractivity contribution in [3.8, 4) is 0 Å². The number of alkyl halides is 1. The van der Waals surface area contributed by atoms with Crippen molar-refractivity contribution in [3.63, 3.8) is 0 Å². The van der Waals surface area contributed by atoms with Crippen LogP contribution >= 0.6 is 0 Å². The Balaban J connectivity index is 2.51. The quantitative estimate of drug-likeness (QED) is 0.549. The SMILES string of the molecule is CN1C(=O)OCCC1CF. The third-order valence-corrected chi connectivity index (χ3v) is 1.69. The molecule has 0 N–H and O–H groups in total. The smallest absolute Gasteiger partial charge is 0.409 e. The maximum absolute atomic E-state index is 12.1. The van der Waals surface area contributed by atoms with E-state index in [-0.39, 0.29) is 6.04 Å². The Labute approximate surface area is 58.8 Å². The van der Waals surface area contributed by atoms with Gasteiger partial charge < -0.3 is 9.64 Å². The Morgan fingerprint density at radius 2 is 2.60 bits per heavy atom. The minimum atomic E-state index is -0.481. The highest BCUT2D eigenvalue weighted by Gasteiger charge is 2.25. The van der Waals surface area contributed by atoms with Crippen LogP contribution in [0.1, 0.15) is 6.42 Å². The van der Waals surface area contributed by atoms with Gasteiger partial charge in [-0.15, -0.1) is 0 Å². The number of cyclic esters (lactones) is 1. The molecule has 0 saturated carbocycles. The zero-order valence-electron chi connectivity index (χ0n) is 5.84. The Hall–Kier alpha value is -0.800. The van der Waals surface area contributed by atoms with Crippen LogP contribution in [0.3, 0.4) is 0 Å². The molecule has 1 unspecified atom stereocenters. The fourth-order valence-electron chi connectivity index (χ4n) is 0.907. The van der Waals surface area contributed by atoms with E-state index in [1.807, 2.05) is 0 Å². The molecule has 0 aromatic carbocycles. The first-order valence-electron chi connectivity index (χ1n) is 3.21. The van der Waals surface area contributed by atoms with Crippen molar-refractivity contribution in [2.45, 2.75) is 12.5 Å². The molecule has 1 rings (SSSR count). The summed E-state index contributed by atoms with van der Waals surface area (Å²) < 4.78 is 16.7. The highest BCUT2D eigenvalue weighted by atomic mass is 19.1. The van der Waals surface area contributed by atoms with Gasteiger partial charge in [-0.1, -0.05) is 0 Å². The molecule has 4 heteroatoms. The molecule has 1 heterocycles. The number of carbonyl (C=O) groups excluding carboxylic acids is 1. The second-order valence-corrected chi connectivity index (χ2v) is 2.32. The van der Waals surface area contributed by atoms with Crippen LogP contribution in [0.15, 0.2) is 0 Å². The van der Waals surface area contributed by atoms with Crippen molar-refractivity contribution < 1.29 is 13.9 Å². The Bertz CT molecular complexity index is 140. The molecule has 0 aliphatic carbocycles. The lowest BCUT2D eigenvalue weighted by molar-refractivity contribution is 0.0489. The third-order valence-electron chi connectivity index (χ3n) is 1.69. The van der Waals surface area contributed by atoms with Crippen LogP contribution < -0.4 is 0 Å². The number of carbonyl (C=O) groups is 1. The molecule has 1 aliphatic rings. The zero-order valence-corrected chi connectivity index (χ0v) is 5.84. The van der Waals surface area contributed by atoms with Gasteiger partial charge in [0.25, 0.3) is 0 Å². The van der Waals surface area contributed by atoms with Gasteiger partial charge in [0.1, 0.15) is 6.67 Å². The summed E-state index contributed by atoms with van der Waals surface area (Å²) in [5.41, 5.74) is 0. The second kappa shape index (κ2) is 2.86.